The second-order valence-corrected chi connectivity index (χ2v) is 8.24. The first-order chi connectivity index (χ1) is 13.8. The van der Waals surface area contributed by atoms with E-state index < -0.39 is 32.2 Å². The van der Waals surface area contributed by atoms with Gasteiger partial charge in [0.1, 0.15) is 11.5 Å². The van der Waals surface area contributed by atoms with Gasteiger partial charge >= 0.3 is 0 Å². The van der Waals surface area contributed by atoms with Crippen molar-refractivity contribution in [1.29, 1.82) is 0 Å². The van der Waals surface area contributed by atoms with E-state index in [0.717, 1.165) is 0 Å². The van der Waals surface area contributed by atoms with Gasteiger partial charge in [-0.25, -0.2) is 8.42 Å². The highest BCUT2D eigenvalue weighted by Gasteiger charge is 2.44. The number of rotatable bonds is 8. The van der Waals surface area contributed by atoms with Gasteiger partial charge in [-0.05, 0) is 35.4 Å². The van der Waals surface area contributed by atoms with Crippen molar-refractivity contribution < 1.29 is 27.5 Å². The number of likely N-dealkylation sites (N-methyl/N-ethyl adjacent to an activating group) is 2. The number of benzene rings is 2. The predicted molar refractivity (Wildman–Crippen MR) is 109 cm³/mol. The highest BCUT2D eigenvalue weighted by molar-refractivity contribution is 7.93. The average molecular weight is 420 g/mol. The van der Waals surface area contributed by atoms with E-state index in [-0.39, 0.29) is 11.1 Å². The molecule has 0 aliphatic carbocycles. The molecule has 2 aromatic rings. The number of amides is 2. The lowest BCUT2D eigenvalue weighted by atomic mass is 10.1. The maximum atomic E-state index is 13.6. The molecule has 2 N–H and O–H groups in total. The van der Waals surface area contributed by atoms with Gasteiger partial charge in [-0.15, -0.1) is 0 Å². The Balaban J connectivity index is 2.62. The van der Waals surface area contributed by atoms with Gasteiger partial charge in [0, 0.05) is 14.1 Å². The van der Waals surface area contributed by atoms with E-state index in [2.05, 4.69) is 10.6 Å². The molecule has 0 saturated heterocycles. The maximum Gasteiger partial charge on any atom is 0.242 e. The molecule has 2 unspecified atom stereocenters. The van der Waals surface area contributed by atoms with E-state index in [4.69, 9.17) is 9.47 Å². The first-order valence-electron chi connectivity index (χ1n) is 8.74. The summed E-state index contributed by atoms with van der Waals surface area (Å²) in [5.74, 6) is -0.449. The topological polar surface area (TPSA) is 111 Å². The normalized spacial score (nSPS) is 13.1. The Morgan fingerprint density at radius 2 is 1.03 bits per heavy atom. The van der Waals surface area contributed by atoms with Crippen LogP contribution in [0.4, 0.5) is 0 Å². The van der Waals surface area contributed by atoms with E-state index in [1.165, 1.54) is 52.6 Å². The fourth-order valence-corrected chi connectivity index (χ4v) is 5.11. The molecule has 2 amide bonds. The van der Waals surface area contributed by atoms with Gasteiger partial charge in [-0.2, -0.15) is 0 Å². The summed E-state index contributed by atoms with van der Waals surface area (Å²) < 4.78 is 37.3. The Hall–Kier alpha value is -3.07. The highest BCUT2D eigenvalue weighted by atomic mass is 32.2. The summed E-state index contributed by atoms with van der Waals surface area (Å²) in [6, 6.07) is 12.2. The molecule has 0 saturated carbocycles. The summed E-state index contributed by atoms with van der Waals surface area (Å²) in [4.78, 5) is 25.2. The van der Waals surface area contributed by atoms with Crippen molar-refractivity contribution in [3.8, 4) is 11.5 Å². The molecule has 0 bridgehead atoms. The molecule has 0 aliphatic heterocycles. The summed E-state index contributed by atoms with van der Waals surface area (Å²) in [5, 5.41) is 1.60. The summed E-state index contributed by atoms with van der Waals surface area (Å²) in [6.07, 6.45) is 0. The molecule has 9 heteroatoms. The Labute approximate surface area is 170 Å². The molecule has 156 valence electrons. The minimum atomic E-state index is -4.34. The minimum Gasteiger partial charge on any atom is -0.497 e. The predicted octanol–water partition coefficient (Wildman–Crippen LogP) is 1.39. The van der Waals surface area contributed by atoms with Crippen LogP contribution in [0, 0.1) is 0 Å². The molecule has 0 heterocycles. The summed E-state index contributed by atoms with van der Waals surface area (Å²) in [5.41, 5.74) is 0.458. The molecular weight excluding hydrogens is 396 g/mol. The third kappa shape index (κ3) is 4.68. The van der Waals surface area contributed by atoms with Crippen molar-refractivity contribution in [1.82, 2.24) is 10.6 Å². The Bertz CT molecular complexity index is 882. The second-order valence-electron chi connectivity index (χ2n) is 6.12. The molecule has 0 radical (unpaired) electrons. The third-order valence-electron chi connectivity index (χ3n) is 4.46. The van der Waals surface area contributed by atoms with Crippen LogP contribution in [0.2, 0.25) is 0 Å². The van der Waals surface area contributed by atoms with Crippen LogP contribution in [0.3, 0.4) is 0 Å². The number of hydrogen-bond acceptors (Lipinski definition) is 6. The van der Waals surface area contributed by atoms with Crippen molar-refractivity contribution in [2.75, 3.05) is 28.3 Å². The Morgan fingerprint density at radius 3 is 1.28 bits per heavy atom. The van der Waals surface area contributed by atoms with Gasteiger partial charge in [0.05, 0.1) is 14.2 Å². The maximum absolute atomic E-state index is 13.6. The molecule has 2 atom stereocenters. The first-order valence-corrected chi connectivity index (χ1v) is 10.3. The highest BCUT2D eigenvalue weighted by Crippen LogP contribution is 2.36. The van der Waals surface area contributed by atoms with Crippen LogP contribution in [0.15, 0.2) is 48.5 Å². The van der Waals surface area contributed by atoms with Crippen LogP contribution in [0.1, 0.15) is 21.6 Å². The van der Waals surface area contributed by atoms with Crippen LogP contribution in [0.5, 0.6) is 11.5 Å². The zero-order valence-corrected chi connectivity index (χ0v) is 17.4. The standard InChI is InChI=1S/C20H24N2O6S/c1-21-19(23)17(13-5-9-15(27-3)10-6-13)29(25,26)18(20(24)22-2)14-7-11-16(28-4)12-8-14/h5-12,17-18H,1-4H3,(H,21,23)(H,22,24). The molecule has 2 aromatic carbocycles. The fraction of sp³-hybridized carbons (Fsp3) is 0.300. The average Bonchev–Trinajstić information content (AvgIpc) is 2.74. The molecule has 8 nitrogen and oxygen atoms in total. The number of ether oxygens (including phenoxy) is 2. The lowest BCUT2D eigenvalue weighted by Crippen LogP contribution is -2.39. The van der Waals surface area contributed by atoms with Crippen molar-refractivity contribution in [2.24, 2.45) is 0 Å². The van der Waals surface area contributed by atoms with Crippen LogP contribution < -0.4 is 20.1 Å². The quantitative estimate of drug-likeness (QED) is 0.668. The van der Waals surface area contributed by atoms with Crippen molar-refractivity contribution in [2.45, 2.75) is 10.5 Å². The largest absolute Gasteiger partial charge is 0.497 e. The monoisotopic (exact) mass is 420 g/mol. The summed E-state index contributed by atoms with van der Waals surface area (Å²) >= 11 is 0. The summed E-state index contributed by atoms with van der Waals surface area (Å²) in [6.45, 7) is 0. The van der Waals surface area contributed by atoms with Crippen molar-refractivity contribution >= 4 is 21.7 Å². The molecule has 0 aromatic heterocycles. The van der Waals surface area contributed by atoms with E-state index in [0.29, 0.717) is 11.5 Å². The van der Waals surface area contributed by atoms with E-state index in [9.17, 15) is 18.0 Å². The number of methoxy groups -OCH3 is 2. The molecule has 0 fully saturated rings. The van der Waals surface area contributed by atoms with E-state index >= 15 is 0 Å². The van der Waals surface area contributed by atoms with Crippen LogP contribution >= 0.6 is 0 Å². The van der Waals surface area contributed by atoms with Crippen LogP contribution in [0.25, 0.3) is 0 Å². The van der Waals surface area contributed by atoms with Gasteiger partial charge in [0.15, 0.2) is 20.3 Å². The number of nitrogens with one attached hydrogen (secondary N) is 2. The smallest absolute Gasteiger partial charge is 0.242 e. The molecule has 0 spiro atoms. The van der Waals surface area contributed by atoms with Crippen molar-refractivity contribution in [3.63, 3.8) is 0 Å². The first kappa shape index (κ1) is 22.2. The lowest BCUT2D eigenvalue weighted by Gasteiger charge is -2.23. The molecule has 0 aliphatic rings. The van der Waals surface area contributed by atoms with Crippen molar-refractivity contribution in [3.05, 3.63) is 59.7 Å². The number of carbonyl (C=O) groups is 2. The van der Waals surface area contributed by atoms with Crippen LogP contribution in [-0.4, -0.2) is 48.5 Å². The minimum absolute atomic E-state index is 0.229. The lowest BCUT2D eigenvalue weighted by molar-refractivity contribution is -0.120. The number of hydrogen-bond donors (Lipinski definition) is 2. The second kappa shape index (κ2) is 9.42. The van der Waals surface area contributed by atoms with Gasteiger partial charge in [0.2, 0.25) is 11.8 Å². The van der Waals surface area contributed by atoms with E-state index in [1.807, 2.05) is 0 Å². The van der Waals surface area contributed by atoms with Gasteiger partial charge in [-0.3, -0.25) is 9.59 Å². The third-order valence-corrected chi connectivity index (χ3v) is 6.75. The zero-order valence-electron chi connectivity index (χ0n) is 16.6. The zero-order chi connectivity index (χ0) is 21.6. The summed E-state index contributed by atoms with van der Waals surface area (Å²) in [7, 11) is 1.31. The molecular formula is C20H24N2O6S. The van der Waals surface area contributed by atoms with Gasteiger partial charge < -0.3 is 20.1 Å². The number of sulfone groups is 1. The van der Waals surface area contributed by atoms with Crippen LogP contribution in [-0.2, 0) is 19.4 Å². The SMILES string of the molecule is CNC(=O)C(c1ccc(OC)cc1)S(=O)(=O)C(C(=O)NC)c1ccc(OC)cc1. The molecule has 29 heavy (non-hydrogen) atoms. The van der Waals surface area contributed by atoms with E-state index in [1.54, 1.807) is 24.3 Å². The fourth-order valence-electron chi connectivity index (χ4n) is 2.94. The molecule has 2 rings (SSSR count). The van der Waals surface area contributed by atoms with Gasteiger partial charge in [0.25, 0.3) is 0 Å². The Kier molecular flexibility index (Phi) is 7.22. The van der Waals surface area contributed by atoms with Gasteiger partial charge in [-0.1, -0.05) is 24.3 Å². The Morgan fingerprint density at radius 1 is 0.724 bits per heavy atom. The number of carbonyl (C=O) groups excluding carboxylic acids is 2.